The maximum Gasteiger partial charge on any atom is 0.356 e. The second kappa shape index (κ2) is 4.37. The highest BCUT2D eigenvalue weighted by molar-refractivity contribution is 5.86. The zero-order valence-corrected chi connectivity index (χ0v) is 9.69. The fourth-order valence-electron chi connectivity index (χ4n) is 1.63. The molecule has 3 aromatic heterocycles. The predicted molar refractivity (Wildman–Crippen MR) is 67.5 cm³/mol. The van der Waals surface area contributed by atoms with Crippen LogP contribution >= 0.6 is 0 Å². The first-order chi connectivity index (χ1) is 9.22. The molecule has 0 spiro atoms. The lowest BCUT2D eigenvalue weighted by molar-refractivity contribution is 0.0691. The van der Waals surface area contributed by atoms with Crippen LogP contribution < -0.4 is 5.32 Å². The lowest BCUT2D eigenvalue weighted by atomic mass is 10.4. The summed E-state index contributed by atoms with van der Waals surface area (Å²) in [6.45, 7) is 0. The molecule has 0 saturated heterocycles. The Balaban J connectivity index is 1.95. The summed E-state index contributed by atoms with van der Waals surface area (Å²) in [5, 5.41) is 16.2. The van der Waals surface area contributed by atoms with Gasteiger partial charge in [0.2, 0.25) is 0 Å². The quantitative estimate of drug-likeness (QED) is 0.738. The van der Waals surface area contributed by atoms with Crippen LogP contribution in [-0.4, -0.2) is 30.7 Å². The molecule has 0 fully saturated rings. The summed E-state index contributed by atoms with van der Waals surface area (Å²) in [6.07, 6.45) is 4.70. The summed E-state index contributed by atoms with van der Waals surface area (Å²) < 4.78 is 1.42. The van der Waals surface area contributed by atoms with E-state index in [0.717, 1.165) is 5.69 Å². The first kappa shape index (κ1) is 11.1. The number of carbonyl (C=O) groups is 1. The zero-order chi connectivity index (χ0) is 13.2. The van der Waals surface area contributed by atoms with Gasteiger partial charge in [-0.3, -0.25) is 4.98 Å². The van der Waals surface area contributed by atoms with E-state index in [2.05, 4.69) is 20.4 Å². The molecule has 0 saturated carbocycles. The minimum atomic E-state index is -1.07. The van der Waals surface area contributed by atoms with Crippen LogP contribution in [0.3, 0.4) is 0 Å². The van der Waals surface area contributed by atoms with Gasteiger partial charge in [-0.2, -0.15) is 0 Å². The number of aromatic carboxylic acids is 1. The lowest BCUT2D eigenvalue weighted by Gasteiger charge is -2.04. The number of rotatable bonds is 3. The smallest absolute Gasteiger partial charge is 0.356 e. The highest BCUT2D eigenvalue weighted by Crippen LogP contribution is 2.13. The van der Waals surface area contributed by atoms with Gasteiger partial charge in [0.1, 0.15) is 0 Å². The van der Waals surface area contributed by atoms with Crippen LogP contribution in [0.25, 0.3) is 5.65 Å². The maximum absolute atomic E-state index is 10.8. The first-order valence-corrected chi connectivity index (χ1v) is 5.49. The number of nitrogens with zero attached hydrogens (tertiary/aromatic N) is 4. The van der Waals surface area contributed by atoms with Crippen molar-refractivity contribution in [1.82, 2.24) is 19.6 Å². The molecule has 3 aromatic rings. The minimum absolute atomic E-state index is 0.0337. The van der Waals surface area contributed by atoms with Crippen LogP contribution in [0.5, 0.6) is 0 Å². The van der Waals surface area contributed by atoms with Gasteiger partial charge in [-0.05, 0) is 24.3 Å². The molecular formula is C12H9N5O2. The molecule has 0 atom stereocenters. The van der Waals surface area contributed by atoms with Crippen molar-refractivity contribution in [3.63, 3.8) is 0 Å². The summed E-state index contributed by atoms with van der Waals surface area (Å²) in [5.41, 5.74) is 1.30. The van der Waals surface area contributed by atoms with Crippen molar-refractivity contribution in [2.75, 3.05) is 5.32 Å². The summed E-state index contributed by atoms with van der Waals surface area (Å²) >= 11 is 0. The summed E-state index contributed by atoms with van der Waals surface area (Å²) in [7, 11) is 0. The maximum atomic E-state index is 10.8. The Morgan fingerprint density at radius 2 is 2.00 bits per heavy atom. The Labute approximate surface area is 107 Å². The van der Waals surface area contributed by atoms with Crippen molar-refractivity contribution >= 4 is 23.1 Å². The molecule has 0 radical (unpaired) electrons. The molecular weight excluding hydrogens is 246 g/mol. The van der Waals surface area contributed by atoms with Crippen molar-refractivity contribution in [3.8, 4) is 0 Å². The van der Waals surface area contributed by atoms with Gasteiger partial charge >= 0.3 is 5.97 Å². The molecule has 0 bridgehead atoms. The molecule has 0 aliphatic carbocycles. The monoisotopic (exact) mass is 255 g/mol. The minimum Gasteiger partial charge on any atom is -0.476 e. The molecule has 0 aliphatic heterocycles. The average molecular weight is 255 g/mol. The zero-order valence-electron chi connectivity index (χ0n) is 9.69. The van der Waals surface area contributed by atoms with Gasteiger partial charge in [-0.1, -0.05) is 0 Å². The van der Waals surface area contributed by atoms with Crippen molar-refractivity contribution in [2.24, 2.45) is 0 Å². The van der Waals surface area contributed by atoms with E-state index in [0.29, 0.717) is 11.5 Å². The molecule has 0 amide bonds. The number of aromatic nitrogens is 4. The lowest BCUT2D eigenvalue weighted by Crippen LogP contribution is -1.98. The van der Waals surface area contributed by atoms with Gasteiger partial charge in [0.25, 0.3) is 0 Å². The number of carboxylic acids is 1. The van der Waals surface area contributed by atoms with E-state index >= 15 is 0 Å². The fourth-order valence-corrected chi connectivity index (χ4v) is 1.63. The summed E-state index contributed by atoms with van der Waals surface area (Å²) in [4.78, 5) is 18.7. The third-order valence-electron chi connectivity index (χ3n) is 2.49. The van der Waals surface area contributed by atoms with Crippen LogP contribution in [0.15, 0.2) is 42.9 Å². The molecule has 3 heterocycles. The first-order valence-electron chi connectivity index (χ1n) is 5.49. The molecule has 0 aromatic carbocycles. The highest BCUT2D eigenvalue weighted by atomic mass is 16.4. The number of imidazole rings is 1. The normalized spacial score (nSPS) is 10.5. The van der Waals surface area contributed by atoms with Crippen LogP contribution in [0.4, 0.5) is 11.5 Å². The molecule has 3 rings (SSSR count). The number of hydrogen-bond acceptors (Lipinski definition) is 5. The Morgan fingerprint density at radius 1 is 1.21 bits per heavy atom. The van der Waals surface area contributed by atoms with Gasteiger partial charge in [0.05, 0.1) is 6.20 Å². The second-order valence-electron chi connectivity index (χ2n) is 3.81. The van der Waals surface area contributed by atoms with E-state index in [1.54, 1.807) is 24.5 Å². The number of hydrogen-bond donors (Lipinski definition) is 2. The number of nitrogens with one attached hydrogen (secondary N) is 1. The number of fused-ring (bicyclic) bond motifs is 1. The SMILES string of the molecule is O=C(O)c1cn2nc(Nc3ccncc3)ccc2n1. The molecule has 0 aliphatic rings. The van der Waals surface area contributed by atoms with E-state index in [1.165, 1.54) is 10.7 Å². The van der Waals surface area contributed by atoms with E-state index in [1.807, 2.05) is 12.1 Å². The number of pyridine rings is 1. The van der Waals surface area contributed by atoms with Gasteiger partial charge < -0.3 is 10.4 Å². The van der Waals surface area contributed by atoms with Crippen LogP contribution in [0.1, 0.15) is 10.5 Å². The predicted octanol–water partition coefficient (Wildman–Crippen LogP) is 1.57. The van der Waals surface area contributed by atoms with Gasteiger partial charge in [0, 0.05) is 18.1 Å². The Hall–Kier alpha value is -2.96. The van der Waals surface area contributed by atoms with E-state index < -0.39 is 5.97 Å². The molecule has 7 heteroatoms. The number of anilines is 2. The molecule has 19 heavy (non-hydrogen) atoms. The molecule has 7 nitrogen and oxygen atoms in total. The van der Waals surface area contributed by atoms with Crippen molar-refractivity contribution in [3.05, 3.63) is 48.5 Å². The second-order valence-corrected chi connectivity index (χ2v) is 3.81. The van der Waals surface area contributed by atoms with E-state index in [9.17, 15) is 4.79 Å². The molecule has 94 valence electrons. The van der Waals surface area contributed by atoms with Crippen molar-refractivity contribution in [2.45, 2.75) is 0 Å². The fraction of sp³-hybridized carbons (Fsp3) is 0. The van der Waals surface area contributed by atoms with E-state index in [-0.39, 0.29) is 5.69 Å². The topological polar surface area (TPSA) is 92.4 Å². The van der Waals surface area contributed by atoms with Crippen LogP contribution in [-0.2, 0) is 0 Å². The van der Waals surface area contributed by atoms with Crippen molar-refractivity contribution < 1.29 is 9.90 Å². The standard InChI is InChI=1S/C12H9N5O2/c18-12(19)9-7-17-11(15-9)2-1-10(16-17)14-8-3-5-13-6-4-8/h1-7H,(H,18,19)(H,13,14,16). The molecule has 2 N–H and O–H groups in total. The van der Waals surface area contributed by atoms with E-state index in [4.69, 9.17) is 5.11 Å². The third-order valence-corrected chi connectivity index (χ3v) is 2.49. The average Bonchev–Trinajstić information content (AvgIpc) is 2.83. The Bertz CT molecular complexity index is 738. The van der Waals surface area contributed by atoms with Gasteiger partial charge in [-0.25, -0.2) is 14.3 Å². The Morgan fingerprint density at radius 3 is 2.74 bits per heavy atom. The van der Waals surface area contributed by atoms with Crippen LogP contribution in [0.2, 0.25) is 0 Å². The van der Waals surface area contributed by atoms with Gasteiger partial charge in [-0.15, -0.1) is 5.10 Å². The summed E-state index contributed by atoms with van der Waals surface area (Å²) in [5.74, 6) is -0.484. The highest BCUT2D eigenvalue weighted by Gasteiger charge is 2.09. The largest absolute Gasteiger partial charge is 0.476 e. The summed E-state index contributed by atoms with van der Waals surface area (Å²) in [6, 6.07) is 7.04. The molecule has 0 unspecified atom stereocenters. The van der Waals surface area contributed by atoms with Crippen molar-refractivity contribution in [1.29, 1.82) is 0 Å². The van der Waals surface area contributed by atoms with Gasteiger partial charge in [0.15, 0.2) is 17.2 Å². The Kier molecular flexibility index (Phi) is 2.57. The third kappa shape index (κ3) is 2.21. The van der Waals surface area contributed by atoms with Crippen LogP contribution in [0, 0.1) is 0 Å². The number of carboxylic acid groups (broad SMARTS) is 1.